The zero-order valence-corrected chi connectivity index (χ0v) is 13.1. The first-order valence-corrected chi connectivity index (χ1v) is 7.66. The molecule has 2 aromatic carbocycles. The summed E-state index contributed by atoms with van der Waals surface area (Å²) in [5, 5.41) is 9.29. The van der Waals surface area contributed by atoms with Crippen LogP contribution in [0.2, 0.25) is 0 Å². The van der Waals surface area contributed by atoms with Crippen molar-refractivity contribution in [3.05, 3.63) is 54.1 Å². The molecule has 5 heteroatoms. The molecule has 0 heterocycles. The predicted molar refractivity (Wildman–Crippen MR) is 86.4 cm³/mol. The predicted octanol–water partition coefficient (Wildman–Crippen LogP) is 4.41. The third-order valence-electron chi connectivity index (χ3n) is 3.69. The average Bonchev–Trinajstić information content (AvgIpc) is 3.13. The summed E-state index contributed by atoms with van der Waals surface area (Å²) < 4.78 is 4.47. The van der Waals surface area contributed by atoms with E-state index in [9.17, 15) is 9.90 Å². The van der Waals surface area contributed by atoms with Gasteiger partial charge in [0, 0.05) is 5.92 Å². The molecule has 0 aliphatic heterocycles. The fourth-order valence-electron chi connectivity index (χ4n) is 2.16. The largest absolute Gasteiger partial charge is 0.508 e. The normalized spacial score (nSPS) is 18.7. The number of phenols is 1. The van der Waals surface area contributed by atoms with Crippen LogP contribution in [0.3, 0.4) is 0 Å². The number of hydrogen-bond acceptors (Lipinski definition) is 3. The van der Waals surface area contributed by atoms with Gasteiger partial charge in [0.05, 0.1) is 12.2 Å². The molecule has 114 valence electrons. The summed E-state index contributed by atoms with van der Waals surface area (Å²) in [7, 11) is 0. The van der Waals surface area contributed by atoms with Gasteiger partial charge in [0.2, 0.25) is 0 Å². The lowest BCUT2D eigenvalue weighted by atomic mass is 10.0. The van der Waals surface area contributed by atoms with Crippen molar-refractivity contribution >= 4 is 29.2 Å². The van der Waals surface area contributed by atoms with Crippen LogP contribution < -0.4 is 0 Å². The van der Waals surface area contributed by atoms with Crippen LogP contribution in [0.5, 0.6) is 5.75 Å². The Balaban J connectivity index is 1.63. The zero-order chi connectivity index (χ0) is 15.7. The molecule has 0 aromatic heterocycles. The smallest absolute Gasteiger partial charge is 0.338 e. The molecule has 1 atom stereocenters. The number of esters is 1. The Labute approximate surface area is 138 Å². The summed E-state index contributed by atoms with van der Waals surface area (Å²) in [6, 6.07) is 14.0. The van der Waals surface area contributed by atoms with E-state index in [0.29, 0.717) is 12.0 Å². The number of ether oxygens (including phenoxy) is 1. The van der Waals surface area contributed by atoms with E-state index in [1.807, 2.05) is 24.3 Å². The van der Waals surface area contributed by atoms with Crippen LogP contribution in [0, 0.1) is 5.92 Å². The molecule has 1 fully saturated rings. The van der Waals surface area contributed by atoms with E-state index in [-0.39, 0.29) is 24.2 Å². The van der Waals surface area contributed by atoms with Crippen LogP contribution in [-0.2, 0) is 4.74 Å². The summed E-state index contributed by atoms with van der Waals surface area (Å²) in [6.07, 6.45) is 0.656. The minimum Gasteiger partial charge on any atom is -0.508 e. The molecule has 3 rings (SSSR count). The highest BCUT2D eigenvalue weighted by molar-refractivity contribution is 6.50. The second-order valence-corrected chi connectivity index (χ2v) is 6.93. The van der Waals surface area contributed by atoms with E-state index in [1.165, 1.54) is 0 Å². The fourth-order valence-corrected chi connectivity index (χ4v) is 2.66. The van der Waals surface area contributed by atoms with Crippen LogP contribution in [-0.4, -0.2) is 22.0 Å². The summed E-state index contributed by atoms with van der Waals surface area (Å²) in [5.41, 5.74) is 2.40. The van der Waals surface area contributed by atoms with Crippen molar-refractivity contribution in [2.45, 2.75) is 10.8 Å². The number of carbonyl (C=O) groups excluding carboxylic acids is 1. The van der Waals surface area contributed by atoms with Crippen molar-refractivity contribution in [2.24, 2.45) is 5.92 Å². The Bertz CT molecular complexity index is 678. The van der Waals surface area contributed by atoms with Crippen molar-refractivity contribution in [1.82, 2.24) is 0 Å². The number of carbonyl (C=O) groups is 1. The van der Waals surface area contributed by atoms with Gasteiger partial charge < -0.3 is 9.84 Å². The van der Waals surface area contributed by atoms with Crippen molar-refractivity contribution < 1.29 is 14.6 Å². The number of aromatic hydroxyl groups is 1. The Morgan fingerprint density at radius 1 is 1.09 bits per heavy atom. The molecule has 0 radical (unpaired) electrons. The number of benzene rings is 2. The molecule has 1 N–H and O–H groups in total. The van der Waals surface area contributed by atoms with E-state index in [0.717, 1.165) is 11.1 Å². The molecule has 0 amide bonds. The zero-order valence-electron chi connectivity index (χ0n) is 11.6. The molecular weight excluding hydrogens is 323 g/mol. The van der Waals surface area contributed by atoms with Gasteiger partial charge >= 0.3 is 5.97 Å². The maximum Gasteiger partial charge on any atom is 0.338 e. The summed E-state index contributed by atoms with van der Waals surface area (Å²) >= 11 is 11.8. The number of halogens is 2. The molecular formula is C17H14Cl2O3. The van der Waals surface area contributed by atoms with Crippen LogP contribution in [0.1, 0.15) is 16.8 Å². The van der Waals surface area contributed by atoms with E-state index >= 15 is 0 Å². The van der Waals surface area contributed by atoms with Crippen molar-refractivity contribution in [3.63, 3.8) is 0 Å². The maximum atomic E-state index is 11.9. The minimum absolute atomic E-state index is 0.0241. The number of phenolic OH excluding ortho intramolecular Hbond substituents is 1. The van der Waals surface area contributed by atoms with Crippen molar-refractivity contribution in [3.8, 4) is 16.9 Å². The molecule has 0 saturated heterocycles. The minimum atomic E-state index is -0.733. The van der Waals surface area contributed by atoms with Crippen LogP contribution >= 0.6 is 23.2 Å². The Kier molecular flexibility index (Phi) is 4.02. The van der Waals surface area contributed by atoms with Gasteiger partial charge in [-0.1, -0.05) is 24.3 Å². The molecule has 3 nitrogen and oxygen atoms in total. The van der Waals surface area contributed by atoms with E-state index in [2.05, 4.69) is 0 Å². The highest BCUT2D eigenvalue weighted by atomic mass is 35.5. The second kappa shape index (κ2) is 5.82. The fraction of sp³-hybridized carbons (Fsp3) is 0.235. The first-order valence-electron chi connectivity index (χ1n) is 6.90. The Hall–Kier alpha value is -1.71. The highest BCUT2D eigenvalue weighted by Gasteiger charge is 2.52. The molecule has 1 saturated carbocycles. The van der Waals surface area contributed by atoms with Gasteiger partial charge in [-0.2, -0.15) is 0 Å². The molecule has 0 unspecified atom stereocenters. The van der Waals surface area contributed by atoms with Crippen molar-refractivity contribution in [1.29, 1.82) is 0 Å². The van der Waals surface area contributed by atoms with Gasteiger partial charge in [0.25, 0.3) is 0 Å². The monoisotopic (exact) mass is 336 g/mol. The van der Waals surface area contributed by atoms with Gasteiger partial charge in [-0.15, -0.1) is 23.2 Å². The SMILES string of the molecule is O=C(OC[C@@H]1CC1(Cl)Cl)c1ccc(-c2ccc(O)cc2)cc1. The lowest BCUT2D eigenvalue weighted by Gasteiger charge is -2.06. The molecule has 1 aliphatic rings. The molecule has 0 spiro atoms. The van der Waals surface area contributed by atoms with Gasteiger partial charge in [0.1, 0.15) is 10.1 Å². The third-order valence-corrected chi connectivity index (χ3v) is 4.62. The Morgan fingerprint density at radius 3 is 2.09 bits per heavy atom. The second-order valence-electron chi connectivity index (χ2n) is 5.38. The molecule has 2 aromatic rings. The van der Waals surface area contributed by atoms with Gasteiger partial charge in [0.15, 0.2) is 0 Å². The topological polar surface area (TPSA) is 46.5 Å². The Morgan fingerprint density at radius 2 is 1.59 bits per heavy atom. The summed E-state index contributed by atoms with van der Waals surface area (Å²) in [6.45, 7) is 0.242. The van der Waals surface area contributed by atoms with Crippen LogP contribution in [0.4, 0.5) is 0 Å². The standard InChI is InChI=1S/C17H14Cl2O3/c18-17(19)9-14(17)10-22-16(21)13-3-1-11(2-4-13)12-5-7-15(20)8-6-12/h1-8,14,20H,9-10H2/t14-/m0/s1. The van der Waals surface area contributed by atoms with Gasteiger partial charge in [-0.3, -0.25) is 0 Å². The van der Waals surface area contributed by atoms with Crippen LogP contribution in [0.25, 0.3) is 11.1 Å². The third kappa shape index (κ3) is 3.37. The van der Waals surface area contributed by atoms with E-state index in [4.69, 9.17) is 27.9 Å². The highest BCUT2D eigenvalue weighted by Crippen LogP contribution is 2.53. The number of alkyl halides is 2. The number of hydrogen-bond donors (Lipinski definition) is 1. The maximum absolute atomic E-state index is 11.9. The van der Waals surface area contributed by atoms with Gasteiger partial charge in [-0.25, -0.2) is 4.79 Å². The first kappa shape index (κ1) is 15.2. The van der Waals surface area contributed by atoms with Crippen LogP contribution in [0.15, 0.2) is 48.5 Å². The van der Waals surface area contributed by atoms with Crippen molar-refractivity contribution in [2.75, 3.05) is 6.61 Å². The quantitative estimate of drug-likeness (QED) is 0.664. The lowest BCUT2D eigenvalue weighted by molar-refractivity contribution is 0.0485. The number of rotatable bonds is 4. The summed E-state index contributed by atoms with van der Waals surface area (Å²) in [4.78, 5) is 11.9. The molecule has 0 bridgehead atoms. The average molecular weight is 337 g/mol. The lowest BCUT2D eigenvalue weighted by Crippen LogP contribution is -2.09. The molecule has 1 aliphatic carbocycles. The molecule has 22 heavy (non-hydrogen) atoms. The first-order chi connectivity index (χ1) is 10.5. The summed E-state index contributed by atoms with van der Waals surface area (Å²) in [5.74, 6) is -0.136. The van der Waals surface area contributed by atoms with Gasteiger partial charge in [-0.05, 0) is 41.8 Å². The van der Waals surface area contributed by atoms with E-state index < -0.39 is 4.33 Å². The van der Waals surface area contributed by atoms with E-state index in [1.54, 1.807) is 24.3 Å².